The summed E-state index contributed by atoms with van der Waals surface area (Å²) in [5.41, 5.74) is 2.12. The predicted octanol–water partition coefficient (Wildman–Crippen LogP) is 4.01. The molecule has 2 aromatic heterocycles. The summed E-state index contributed by atoms with van der Waals surface area (Å²) in [6.07, 6.45) is 6.13. The van der Waals surface area contributed by atoms with E-state index < -0.39 is 0 Å². The molecule has 0 radical (unpaired) electrons. The molecule has 0 aliphatic heterocycles. The lowest BCUT2D eigenvalue weighted by molar-refractivity contribution is -0.0382. The zero-order valence-electron chi connectivity index (χ0n) is 12.0. The molecule has 0 saturated heterocycles. The van der Waals surface area contributed by atoms with Crippen LogP contribution in [-0.4, -0.2) is 20.9 Å². The van der Waals surface area contributed by atoms with Crippen molar-refractivity contribution >= 4 is 22.5 Å². The van der Waals surface area contributed by atoms with Gasteiger partial charge in [-0.05, 0) is 18.4 Å². The van der Waals surface area contributed by atoms with E-state index in [1.807, 2.05) is 29.1 Å². The van der Waals surface area contributed by atoms with Crippen LogP contribution in [0, 0.1) is 0 Å². The average molecular weight is 314 g/mol. The molecular formula is C17H16ClN3O. The molecule has 0 atom stereocenters. The van der Waals surface area contributed by atoms with Gasteiger partial charge >= 0.3 is 0 Å². The van der Waals surface area contributed by atoms with Gasteiger partial charge in [0.15, 0.2) is 0 Å². The van der Waals surface area contributed by atoms with Crippen molar-refractivity contribution in [2.24, 2.45) is 0 Å². The van der Waals surface area contributed by atoms with Crippen molar-refractivity contribution in [3.63, 3.8) is 0 Å². The maximum absolute atomic E-state index is 5.93. The molecule has 1 aliphatic carbocycles. The van der Waals surface area contributed by atoms with Crippen molar-refractivity contribution in [1.82, 2.24) is 14.8 Å². The third kappa shape index (κ3) is 2.72. The second-order valence-electron chi connectivity index (χ2n) is 5.72. The fourth-order valence-electron chi connectivity index (χ4n) is 2.78. The second-order valence-corrected chi connectivity index (χ2v) is 6.11. The van der Waals surface area contributed by atoms with Crippen LogP contribution >= 0.6 is 11.6 Å². The molecule has 0 N–H and O–H groups in total. The van der Waals surface area contributed by atoms with Crippen molar-refractivity contribution in [2.45, 2.75) is 31.6 Å². The molecule has 22 heavy (non-hydrogen) atoms. The molecule has 4 nitrogen and oxygen atoms in total. The number of benzene rings is 1. The summed E-state index contributed by atoms with van der Waals surface area (Å²) in [6.45, 7) is 0.679. The van der Waals surface area contributed by atoms with Gasteiger partial charge in [-0.2, -0.15) is 5.10 Å². The minimum atomic E-state index is 0.319. The van der Waals surface area contributed by atoms with Crippen LogP contribution in [0.15, 0.2) is 48.8 Å². The molecule has 1 aliphatic rings. The fourth-order valence-corrected chi connectivity index (χ4v) is 2.93. The van der Waals surface area contributed by atoms with E-state index in [4.69, 9.17) is 16.3 Å². The van der Waals surface area contributed by atoms with E-state index in [0.717, 1.165) is 23.7 Å². The molecule has 1 saturated carbocycles. The van der Waals surface area contributed by atoms with E-state index >= 15 is 0 Å². The summed E-state index contributed by atoms with van der Waals surface area (Å²) in [5, 5.41) is 6.09. The summed E-state index contributed by atoms with van der Waals surface area (Å²) >= 11 is 5.90. The number of nitrogens with zero attached hydrogens (tertiary/aromatic N) is 3. The molecular weight excluding hydrogens is 298 g/mol. The van der Waals surface area contributed by atoms with Crippen molar-refractivity contribution in [3.05, 3.63) is 59.5 Å². The van der Waals surface area contributed by atoms with Crippen LogP contribution in [-0.2, 0) is 11.3 Å². The Morgan fingerprint density at radius 2 is 2.05 bits per heavy atom. The predicted molar refractivity (Wildman–Crippen MR) is 85.8 cm³/mol. The van der Waals surface area contributed by atoms with Gasteiger partial charge in [-0.15, -0.1) is 0 Å². The zero-order valence-corrected chi connectivity index (χ0v) is 12.8. The minimum absolute atomic E-state index is 0.319. The summed E-state index contributed by atoms with van der Waals surface area (Å²) < 4.78 is 7.95. The molecule has 0 unspecified atom stereocenters. The number of aromatic nitrogens is 3. The fraction of sp³-hybridized carbons (Fsp3) is 0.294. The van der Waals surface area contributed by atoms with E-state index in [9.17, 15) is 0 Å². The number of ether oxygens (including phenoxy) is 1. The third-order valence-electron chi connectivity index (χ3n) is 4.15. The van der Waals surface area contributed by atoms with Crippen molar-refractivity contribution in [3.8, 4) is 0 Å². The summed E-state index contributed by atoms with van der Waals surface area (Å²) in [7, 11) is 0. The molecule has 5 heteroatoms. The standard InChI is InChI=1S/C17H16ClN3O/c18-17-8-16-13(9-19-17)10-21(20-16)14-6-15(7-14)22-11-12-4-2-1-3-5-12/h1-5,8-10,14-15H,6-7,11H2. The Hall–Kier alpha value is -1.91. The highest BCUT2D eigenvalue weighted by Gasteiger charge is 2.32. The quantitative estimate of drug-likeness (QED) is 0.683. The summed E-state index contributed by atoms with van der Waals surface area (Å²) in [4.78, 5) is 4.09. The van der Waals surface area contributed by atoms with Gasteiger partial charge in [0, 0.05) is 23.8 Å². The molecule has 0 bridgehead atoms. The molecule has 1 fully saturated rings. The number of hydrogen-bond donors (Lipinski definition) is 0. The Labute approximate surface area is 133 Å². The molecule has 112 valence electrons. The SMILES string of the molecule is Clc1cc2nn(C3CC(OCc4ccccc4)C3)cc2cn1. The molecule has 2 heterocycles. The molecule has 3 aromatic rings. The number of fused-ring (bicyclic) bond motifs is 1. The summed E-state index contributed by atoms with van der Waals surface area (Å²) in [6, 6.07) is 12.5. The number of halogens is 1. The van der Waals surface area contributed by atoms with Gasteiger partial charge < -0.3 is 4.74 Å². The Kier molecular flexibility index (Phi) is 3.56. The lowest BCUT2D eigenvalue weighted by Crippen LogP contribution is -2.33. The van der Waals surface area contributed by atoms with Crippen LogP contribution in [0.4, 0.5) is 0 Å². The monoisotopic (exact) mass is 313 g/mol. The number of rotatable bonds is 4. The number of pyridine rings is 1. The van der Waals surface area contributed by atoms with Crippen molar-refractivity contribution in [1.29, 1.82) is 0 Å². The Morgan fingerprint density at radius 1 is 1.23 bits per heavy atom. The van der Waals surface area contributed by atoms with Gasteiger partial charge in [0.25, 0.3) is 0 Å². The maximum atomic E-state index is 5.93. The molecule has 0 spiro atoms. The van der Waals surface area contributed by atoms with Crippen LogP contribution in [0.5, 0.6) is 0 Å². The van der Waals surface area contributed by atoms with Crippen molar-refractivity contribution < 1.29 is 4.74 Å². The maximum Gasteiger partial charge on any atom is 0.131 e. The minimum Gasteiger partial charge on any atom is -0.373 e. The molecule has 1 aromatic carbocycles. The van der Waals surface area contributed by atoms with Gasteiger partial charge in [0.05, 0.1) is 24.3 Å². The normalized spacial score (nSPS) is 21.0. The van der Waals surface area contributed by atoms with Crippen LogP contribution < -0.4 is 0 Å². The van der Waals surface area contributed by atoms with E-state index in [0.29, 0.717) is 23.9 Å². The van der Waals surface area contributed by atoms with E-state index in [2.05, 4.69) is 22.2 Å². The van der Waals surface area contributed by atoms with Gasteiger partial charge in [-0.1, -0.05) is 41.9 Å². The smallest absolute Gasteiger partial charge is 0.131 e. The second kappa shape index (κ2) is 5.71. The highest BCUT2D eigenvalue weighted by molar-refractivity contribution is 6.29. The lowest BCUT2D eigenvalue weighted by atomic mass is 9.89. The van der Waals surface area contributed by atoms with Gasteiger partial charge in [-0.25, -0.2) is 4.98 Å². The largest absolute Gasteiger partial charge is 0.373 e. The Bertz CT molecular complexity index is 781. The van der Waals surface area contributed by atoms with E-state index in [1.54, 1.807) is 12.3 Å². The zero-order chi connectivity index (χ0) is 14.9. The Balaban J connectivity index is 1.36. The lowest BCUT2D eigenvalue weighted by Gasteiger charge is -2.35. The van der Waals surface area contributed by atoms with Gasteiger partial charge in [-0.3, -0.25) is 4.68 Å². The summed E-state index contributed by atoms with van der Waals surface area (Å²) in [5.74, 6) is 0. The van der Waals surface area contributed by atoms with E-state index in [1.165, 1.54) is 5.56 Å². The Morgan fingerprint density at radius 3 is 2.86 bits per heavy atom. The first-order chi connectivity index (χ1) is 10.8. The van der Waals surface area contributed by atoms with Crippen LogP contribution in [0.1, 0.15) is 24.4 Å². The highest BCUT2D eigenvalue weighted by Crippen LogP contribution is 2.35. The van der Waals surface area contributed by atoms with Crippen molar-refractivity contribution in [2.75, 3.05) is 0 Å². The van der Waals surface area contributed by atoms with Crippen LogP contribution in [0.2, 0.25) is 5.15 Å². The average Bonchev–Trinajstić information content (AvgIpc) is 2.89. The highest BCUT2D eigenvalue weighted by atomic mass is 35.5. The van der Waals surface area contributed by atoms with Crippen LogP contribution in [0.3, 0.4) is 0 Å². The van der Waals surface area contributed by atoms with Gasteiger partial charge in [0.2, 0.25) is 0 Å². The topological polar surface area (TPSA) is 39.9 Å². The third-order valence-corrected chi connectivity index (χ3v) is 4.35. The van der Waals surface area contributed by atoms with Crippen LogP contribution in [0.25, 0.3) is 10.9 Å². The van der Waals surface area contributed by atoms with E-state index in [-0.39, 0.29) is 0 Å². The molecule has 0 amide bonds. The first kappa shape index (κ1) is 13.7. The first-order valence-corrected chi connectivity index (χ1v) is 7.82. The first-order valence-electron chi connectivity index (χ1n) is 7.44. The number of hydrogen-bond acceptors (Lipinski definition) is 3. The van der Waals surface area contributed by atoms with Gasteiger partial charge in [0.1, 0.15) is 5.15 Å². The molecule has 4 rings (SSSR count).